The van der Waals surface area contributed by atoms with Gasteiger partial charge in [-0.05, 0) is 42.3 Å². The third kappa shape index (κ3) is 3.99. The number of rotatable bonds is 5. The molecule has 0 fully saturated rings. The largest absolute Gasteiger partial charge is 0.354 e. The Balaban J connectivity index is 1.61. The fourth-order valence-corrected chi connectivity index (χ4v) is 3.55. The van der Waals surface area contributed by atoms with Gasteiger partial charge in [-0.25, -0.2) is 0 Å². The van der Waals surface area contributed by atoms with Gasteiger partial charge in [0.25, 0.3) is 0 Å². The summed E-state index contributed by atoms with van der Waals surface area (Å²) in [4.78, 5) is 27.4. The van der Waals surface area contributed by atoms with Crippen LogP contribution in [-0.2, 0) is 22.4 Å². The number of thiophene rings is 1. The summed E-state index contributed by atoms with van der Waals surface area (Å²) in [6.07, 6.45) is 3.05. The molecule has 0 bridgehead atoms. The van der Waals surface area contributed by atoms with Gasteiger partial charge < -0.3 is 10.2 Å². The van der Waals surface area contributed by atoms with Crippen molar-refractivity contribution >= 4 is 28.8 Å². The van der Waals surface area contributed by atoms with Gasteiger partial charge in [0.05, 0.1) is 0 Å². The van der Waals surface area contributed by atoms with Crippen molar-refractivity contribution in [3.63, 3.8) is 0 Å². The molecule has 5 heteroatoms. The quantitative estimate of drug-likeness (QED) is 0.917. The van der Waals surface area contributed by atoms with Crippen LogP contribution in [0.5, 0.6) is 0 Å². The van der Waals surface area contributed by atoms with Gasteiger partial charge in [0.2, 0.25) is 11.8 Å². The molecule has 0 saturated heterocycles. The molecule has 0 saturated carbocycles. The number of para-hydroxylation sites is 1. The summed E-state index contributed by atoms with van der Waals surface area (Å²) in [7, 11) is 0. The molecule has 4 nitrogen and oxygen atoms in total. The van der Waals surface area contributed by atoms with Gasteiger partial charge in [-0.1, -0.05) is 24.3 Å². The van der Waals surface area contributed by atoms with Gasteiger partial charge in [-0.15, -0.1) is 11.3 Å². The van der Waals surface area contributed by atoms with Gasteiger partial charge in [-0.2, -0.15) is 0 Å². The molecule has 2 heterocycles. The number of nitrogens with one attached hydrogen (secondary N) is 1. The average molecular weight is 328 g/mol. The van der Waals surface area contributed by atoms with E-state index in [1.807, 2.05) is 35.7 Å². The smallest absolute Gasteiger partial charge is 0.240 e. The first kappa shape index (κ1) is 15.7. The minimum Gasteiger partial charge on any atom is -0.354 e. The molecule has 2 aromatic rings. The number of carbonyl (C=O) groups is 2. The van der Waals surface area contributed by atoms with Crippen LogP contribution in [-0.4, -0.2) is 24.9 Å². The third-order valence-electron chi connectivity index (χ3n) is 4.00. The Morgan fingerprint density at radius 1 is 1.17 bits per heavy atom. The Morgan fingerprint density at radius 2 is 2.04 bits per heavy atom. The Kier molecular flexibility index (Phi) is 5.08. The Hall–Kier alpha value is -2.14. The molecule has 0 unspecified atom stereocenters. The zero-order valence-electron chi connectivity index (χ0n) is 13.0. The van der Waals surface area contributed by atoms with Crippen LogP contribution in [0, 0.1) is 0 Å². The maximum absolute atomic E-state index is 12.3. The van der Waals surface area contributed by atoms with Gasteiger partial charge in [0.1, 0.15) is 6.54 Å². The second-order valence-corrected chi connectivity index (χ2v) is 6.67. The molecule has 0 spiro atoms. The minimum atomic E-state index is -0.105. The Morgan fingerprint density at radius 3 is 2.87 bits per heavy atom. The molecule has 0 aliphatic carbocycles. The average Bonchev–Trinajstić information content (AvgIpc) is 3.01. The van der Waals surface area contributed by atoms with E-state index >= 15 is 0 Å². The third-order valence-corrected chi connectivity index (χ3v) is 4.93. The molecule has 3 rings (SSSR count). The summed E-state index contributed by atoms with van der Waals surface area (Å²) in [6, 6.07) is 11.9. The topological polar surface area (TPSA) is 49.4 Å². The number of nitrogens with zero attached hydrogens (tertiary/aromatic N) is 1. The highest BCUT2D eigenvalue weighted by atomic mass is 32.1. The first-order valence-electron chi connectivity index (χ1n) is 7.91. The fraction of sp³-hybridized carbons (Fsp3) is 0.333. The van der Waals surface area contributed by atoms with Crippen molar-refractivity contribution in [2.24, 2.45) is 0 Å². The van der Waals surface area contributed by atoms with Crippen molar-refractivity contribution < 1.29 is 9.59 Å². The highest BCUT2D eigenvalue weighted by Crippen LogP contribution is 2.26. The molecule has 2 amide bonds. The molecular formula is C18H20N2O2S. The molecule has 0 atom stereocenters. The molecule has 23 heavy (non-hydrogen) atoms. The van der Waals surface area contributed by atoms with Crippen LogP contribution in [0.1, 0.15) is 23.3 Å². The van der Waals surface area contributed by atoms with E-state index in [0.29, 0.717) is 13.0 Å². The van der Waals surface area contributed by atoms with E-state index in [2.05, 4.69) is 11.4 Å². The monoisotopic (exact) mass is 328 g/mol. The second kappa shape index (κ2) is 7.42. The number of benzene rings is 1. The lowest BCUT2D eigenvalue weighted by atomic mass is 10.1. The SMILES string of the molecule is O=C(CN1C(=O)CCCc2ccccc21)NCCc1cccs1. The van der Waals surface area contributed by atoms with Crippen molar-refractivity contribution in [3.8, 4) is 0 Å². The van der Waals surface area contributed by atoms with E-state index in [9.17, 15) is 9.59 Å². The standard InChI is InChI=1S/C18H20N2O2S/c21-17(19-11-10-15-7-4-12-23-15)13-20-16-8-2-1-5-14(16)6-3-9-18(20)22/h1-2,4-5,7-8,12H,3,6,9-11,13H2,(H,19,21). The Labute approximate surface area is 140 Å². The number of carbonyl (C=O) groups excluding carboxylic acids is 2. The highest BCUT2D eigenvalue weighted by Gasteiger charge is 2.23. The first-order valence-corrected chi connectivity index (χ1v) is 8.79. The molecule has 1 aliphatic rings. The van der Waals surface area contributed by atoms with Crippen molar-refractivity contribution in [1.29, 1.82) is 0 Å². The predicted molar refractivity (Wildman–Crippen MR) is 92.8 cm³/mol. The van der Waals surface area contributed by atoms with Gasteiger partial charge in [-0.3, -0.25) is 9.59 Å². The summed E-state index contributed by atoms with van der Waals surface area (Å²) in [5.74, 6) is -0.0741. The number of hydrogen-bond donors (Lipinski definition) is 1. The summed E-state index contributed by atoms with van der Waals surface area (Å²) in [5.41, 5.74) is 2.02. The van der Waals surface area contributed by atoms with Crippen molar-refractivity contribution in [2.75, 3.05) is 18.0 Å². The van der Waals surface area contributed by atoms with E-state index in [1.165, 1.54) is 4.88 Å². The summed E-state index contributed by atoms with van der Waals surface area (Å²) in [6.45, 7) is 0.698. The lowest BCUT2D eigenvalue weighted by molar-refractivity contribution is -0.123. The number of hydrogen-bond acceptors (Lipinski definition) is 3. The maximum atomic E-state index is 12.3. The summed E-state index contributed by atoms with van der Waals surface area (Å²) in [5, 5.41) is 4.95. The second-order valence-electron chi connectivity index (χ2n) is 5.64. The maximum Gasteiger partial charge on any atom is 0.240 e. The van der Waals surface area contributed by atoms with Gasteiger partial charge >= 0.3 is 0 Å². The molecule has 120 valence electrons. The predicted octanol–water partition coefficient (Wildman–Crippen LogP) is 2.78. The van der Waals surface area contributed by atoms with Gasteiger partial charge in [0.15, 0.2) is 0 Å². The van der Waals surface area contributed by atoms with Crippen LogP contribution in [0.25, 0.3) is 0 Å². The molecule has 1 aliphatic heterocycles. The lowest BCUT2D eigenvalue weighted by Gasteiger charge is -2.22. The van der Waals surface area contributed by atoms with E-state index in [4.69, 9.17) is 0 Å². The van der Waals surface area contributed by atoms with Crippen LogP contribution in [0.3, 0.4) is 0 Å². The van der Waals surface area contributed by atoms with Crippen LogP contribution in [0.15, 0.2) is 41.8 Å². The van der Waals surface area contributed by atoms with E-state index in [0.717, 1.165) is 30.5 Å². The molecular weight excluding hydrogens is 308 g/mol. The zero-order valence-corrected chi connectivity index (χ0v) is 13.8. The van der Waals surface area contributed by atoms with Crippen LogP contribution >= 0.6 is 11.3 Å². The van der Waals surface area contributed by atoms with Crippen molar-refractivity contribution in [3.05, 3.63) is 52.2 Å². The minimum absolute atomic E-state index is 0.0309. The summed E-state index contributed by atoms with van der Waals surface area (Å²) >= 11 is 1.69. The highest BCUT2D eigenvalue weighted by molar-refractivity contribution is 7.09. The number of amides is 2. The Bertz CT molecular complexity index is 682. The molecule has 1 aromatic carbocycles. The zero-order chi connectivity index (χ0) is 16.1. The van der Waals surface area contributed by atoms with E-state index in [1.54, 1.807) is 16.2 Å². The molecule has 0 radical (unpaired) electrons. The normalized spacial score (nSPS) is 14.3. The first-order chi connectivity index (χ1) is 11.2. The van der Waals surface area contributed by atoms with Gasteiger partial charge in [0, 0.05) is 23.5 Å². The van der Waals surface area contributed by atoms with Crippen molar-refractivity contribution in [1.82, 2.24) is 5.32 Å². The fourth-order valence-electron chi connectivity index (χ4n) is 2.84. The van der Waals surface area contributed by atoms with Crippen LogP contribution in [0.4, 0.5) is 5.69 Å². The van der Waals surface area contributed by atoms with E-state index < -0.39 is 0 Å². The lowest BCUT2D eigenvalue weighted by Crippen LogP contribution is -2.41. The molecule has 1 aromatic heterocycles. The number of anilines is 1. The number of fused-ring (bicyclic) bond motifs is 1. The molecule has 1 N–H and O–H groups in total. The summed E-state index contributed by atoms with van der Waals surface area (Å²) < 4.78 is 0. The van der Waals surface area contributed by atoms with Crippen molar-refractivity contribution in [2.45, 2.75) is 25.7 Å². The van der Waals surface area contributed by atoms with Crippen LogP contribution < -0.4 is 10.2 Å². The van der Waals surface area contributed by atoms with Crippen LogP contribution in [0.2, 0.25) is 0 Å². The van der Waals surface area contributed by atoms with E-state index in [-0.39, 0.29) is 18.4 Å². The number of aryl methyl sites for hydroxylation is 1.